The molecule has 0 aromatic rings. The van der Waals surface area contributed by atoms with E-state index < -0.39 is 0 Å². The van der Waals surface area contributed by atoms with Crippen molar-refractivity contribution in [1.29, 1.82) is 0 Å². The highest BCUT2D eigenvalue weighted by Gasteiger charge is 2.28. The first-order valence-electron chi connectivity index (χ1n) is 6.36. The molecule has 1 unspecified atom stereocenters. The number of nitrogens with two attached hydrogens (primary N) is 1. The molecule has 0 aromatic heterocycles. The van der Waals surface area contributed by atoms with Crippen LogP contribution in [0.1, 0.15) is 46.5 Å². The first-order valence-corrected chi connectivity index (χ1v) is 6.36. The third-order valence-electron chi connectivity index (χ3n) is 3.89. The minimum Gasteiger partial charge on any atom is -0.327 e. The maximum Gasteiger partial charge on any atom is 0.0120 e. The summed E-state index contributed by atoms with van der Waals surface area (Å²) in [5, 5.41) is 0. The second-order valence-electron chi connectivity index (χ2n) is 5.58. The van der Waals surface area contributed by atoms with E-state index in [-0.39, 0.29) is 0 Å². The molecule has 88 valence electrons. The maximum absolute atomic E-state index is 6.04. The van der Waals surface area contributed by atoms with Gasteiger partial charge in [0.05, 0.1) is 0 Å². The smallest absolute Gasteiger partial charge is 0.0120 e. The van der Waals surface area contributed by atoms with Crippen molar-refractivity contribution in [3.63, 3.8) is 0 Å². The van der Waals surface area contributed by atoms with Gasteiger partial charge in [-0.05, 0) is 55.2 Å². The predicted octanol–water partition coefficient (Wildman–Crippen LogP) is 3.73. The van der Waals surface area contributed by atoms with Crippen molar-refractivity contribution in [3.8, 4) is 0 Å². The van der Waals surface area contributed by atoms with Crippen LogP contribution in [-0.2, 0) is 0 Å². The van der Waals surface area contributed by atoms with Crippen LogP contribution in [0, 0.1) is 5.92 Å². The Labute approximate surface area is 99.1 Å². The summed E-state index contributed by atoms with van der Waals surface area (Å²) < 4.78 is 0. The molecule has 1 heteroatoms. The second kappa shape index (κ2) is 4.21. The molecule has 1 saturated carbocycles. The summed E-state index contributed by atoms with van der Waals surface area (Å²) in [6, 6.07) is 0.303. The van der Waals surface area contributed by atoms with E-state index in [4.69, 9.17) is 5.73 Å². The average Bonchev–Trinajstić information content (AvgIpc) is 2.51. The molecule has 0 radical (unpaired) electrons. The molecule has 2 aliphatic rings. The summed E-state index contributed by atoms with van der Waals surface area (Å²) in [4.78, 5) is 0. The summed E-state index contributed by atoms with van der Waals surface area (Å²) in [7, 11) is 0. The molecule has 2 aliphatic carbocycles. The molecule has 0 amide bonds. The number of allylic oxidation sites excluding steroid dienone is 3. The molecule has 1 atom stereocenters. The van der Waals surface area contributed by atoms with Gasteiger partial charge in [-0.1, -0.05) is 31.6 Å². The molecule has 16 heavy (non-hydrogen) atoms. The molecule has 0 aromatic carbocycles. The maximum atomic E-state index is 6.04. The van der Waals surface area contributed by atoms with E-state index in [0.717, 1.165) is 12.8 Å². The molecule has 0 bridgehead atoms. The van der Waals surface area contributed by atoms with Crippen LogP contribution in [0.5, 0.6) is 0 Å². The minimum absolute atomic E-state index is 0.303. The fourth-order valence-corrected chi connectivity index (χ4v) is 2.96. The molecular formula is C15H23N. The number of rotatable bonds is 2. The van der Waals surface area contributed by atoms with Crippen molar-refractivity contribution < 1.29 is 0 Å². The molecule has 0 spiro atoms. The van der Waals surface area contributed by atoms with Crippen molar-refractivity contribution in [2.75, 3.05) is 0 Å². The molecule has 2 N–H and O–H groups in total. The van der Waals surface area contributed by atoms with Gasteiger partial charge in [0.15, 0.2) is 0 Å². The van der Waals surface area contributed by atoms with E-state index in [9.17, 15) is 0 Å². The summed E-state index contributed by atoms with van der Waals surface area (Å²) in [6.45, 7) is 11.0. The lowest BCUT2D eigenvalue weighted by Gasteiger charge is -2.28. The van der Waals surface area contributed by atoms with Gasteiger partial charge in [0.25, 0.3) is 0 Å². The highest BCUT2D eigenvalue weighted by Crippen LogP contribution is 2.43. The standard InChI is InChI=1S/C15H23N/c1-9(2)15(13-6-5-10(13)3)14-8-12(16)7-11(14)4/h9,12H,4-8,16H2,1-3H3/b15-14-. The van der Waals surface area contributed by atoms with E-state index in [2.05, 4.69) is 27.4 Å². The Morgan fingerprint density at radius 3 is 2.31 bits per heavy atom. The van der Waals surface area contributed by atoms with Gasteiger partial charge in [0, 0.05) is 6.04 Å². The number of hydrogen-bond donors (Lipinski definition) is 1. The summed E-state index contributed by atoms with van der Waals surface area (Å²) in [5.41, 5.74) is 13.5. The molecule has 0 saturated heterocycles. The van der Waals surface area contributed by atoms with E-state index >= 15 is 0 Å². The van der Waals surface area contributed by atoms with Crippen molar-refractivity contribution in [3.05, 3.63) is 34.4 Å². The first kappa shape index (κ1) is 11.7. The van der Waals surface area contributed by atoms with Gasteiger partial charge >= 0.3 is 0 Å². The largest absolute Gasteiger partial charge is 0.327 e. The van der Waals surface area contributed by atoms with Crippen molar-refractivity contribution in [2.24, 2.45) is 11.7 Å². The van der Waals surface area contributed by atoms with Crippen LogP contribution in [0.4, 0.5) is 0 Å². The molecule has 1 nitrogen and oxygen atoms in total. The summed E-state index contributed by atoms with van der Waals surface area (Å²) in [5.74, 6) is 0.599. The molecule has 0 aliphatic heterocycles. The van der Waals surface area contributed by atoms with Crippen molar-refractivity contribution in [2.45, 2.75) is 52.5 Å². The van der Waals surface area contributed by atoms with Gasteiger partial charge in [-0.25, -0.2) is 0 Å². The van der Waals surface area contributed by atoms with Gasteiger partial charge in [0.2, 0.25) is 0 Å². The predicted molar refractivity (Wildman–Crippen MR) is 70.1 cm³/mol. The van der Waals surface area contributed by atoms with E-state index in [1.807, 2.05) is 0 Å². The molecule has 0 heterocycles. The zero-order chi connectivity index (χ0) is 11.9. The zero-order valence-electron chi connectivity index (χ0n) is 10.8. The van der Waals surface area contributed by atoms with E-state index in [1.54, 1.807) is 16.7 Å². The van der Waals surface area contributed by atoms with Crippen LogP contribution in [0.25, 0.3) is 0 Å². The molecule has 1 fully saturated rings. The molecule has 2 rings (SSSR count). The lowest BCUT2D eigenvalue weighted by molar-refractivity contribution is 0.690. The third kappa shape index (κ3) is 1.89. The Hall–Kier alpha value is -0.820. The second-order valence-corrected chi connectivity index (χ2v) is 5.58. The lowest BCUT2D eigenvalue weighted by Crippen LogP contribution is -2.15. The SMILES string of the molecule is C=C1CC(N)C/C1=C(/C1=C(C)CC1)C(C)C. The monoisotopic (exact) mass is 217 g/mol. The average molecular weight is 217 g/mol. The summed E-state index contributed by atoms with van der Waals surface area (Å²) >= 11 is 0. The normalized spacial score (nSPS) is 28.8. The Balaban J connectivity index is 2.43. The van der Waals surface area contributed by atoms with Gasteiger partial charge in [-0.15, -0.1) is 0 Å². The highest BCUT2D eigenvalue weighted by molar-refractivity contribution is 5.51. The highest BCUT2D eigenvalue weighted by atomic mass is 14.6. The van der Waals surface area contributed by atoms with Crippen LogP contribution < -0.4 is 5.73 Å². The summed E-state index contributed by atoms with van der Waals surface area (Å²) in [6.07, 6.45) is 4.55. The van der Waals surface area contributed by atoms with Crippen molar-refractivity contribution in [1.82, 2.24) is 0 Å². The first-order chi connectivity index (χ1) is 7.50. The number of hydrogen-bond acceptors (Lipinski definition) is 1. The van der Waals surface area contributed by atoms with Crippen LogP contribution in [0.3, 0.4) is 0 Å². The Morgan fingerprint density at radius 2 is 2.00 bits per heavy atom. The van der Waals surface area contributed by atoms with Gasteiger partial charge in [-0.2, -0.15) is 0 Å². The Kier molecular flexibility index (Phi) is 3.07. The van der Waals surface area contributed by atoms with Gasteiger partial charge < -0.3 is 5.73 Å². The topological polar surface area (TPSA) is 26.0 Å². The van der Waals surface area contributed by atoms with Gasteiger partial charge in [0.1, 0.15) is 0 Å². The lowest BCUT2D eigenvalue weighted by atomic mass is 9.77. The van der Waals surface area contributed by atoms with Gasteiger partial charge in [-0.3, -0.25) is 0 Å². The van der Waals surface area contributed by atoms with E-state index in [1.165, 1.54) is 24.0 Å². The quantitative estimate of drug-likeness (QED) is 0.749. The zero-order valence-corrected chi connectivity index (χ0v) is 10.8. The van der Waals surface area contributed by atoms with Crippen LogP contribution in [0.2, 0.25) is 0 Å². The van der Waals surface area contributed by atoms with Crippen LogP contribution >= 0.6 is 0 Å². The Morgan fingerprint density at radius 1 is 1.31 bits per heavy atom. The van der Waals surface area contributed by atoms with Crippen LogP contribution in [-0.4, -0.2) is 6.04 Å². The third-order valence-corrected chi connectivity index (χ3v) is 3.89. The van der Waals surface area contributed by atoms with Crippen LogP contribution in [0.15, 0.2) is 34.4 Å². The minimum atomic E-state index is 0.303. The Bertz CT molecular complexity index is 382. The fourth-order valence-electron chi connectivity index (χ4n) is 2.96. The van der Waals surface area contributed by atoms with Crippen molar-refractivity contribution >= 4 is 0 Å². The molecular weight excluding hydrogens is 194 g/mol. The fraction of sp³-hybridized carbons (Fsp3) is 0.600. The van der Waals surface area contributed by atoms with E-state index in [0.29, 0.717) is 12.0 Å².